The highest BCUT2D eigenvalue weighted by atomic mass is 32.2. The van der Waals surface area contributed by atoms with Crippen molar-refractivity contribution >= 4 is 21.6 Å². The summed E-state index contributed by atoms with van der Waals surface area (Å²) >= 11 is 0. The number of nitrogens with zero attached hydrogens (tertiary/aromatic N) is 1. The highest BCUT2D eigenvalue weighted by Crippen LogP contribution is 2.23. The van der Waals surface area contributed by atoms with Crippen molar-refractivity contribution in [3.63, 3.8) is 0 Å². The van der Waals surface area contributed by atoms with Gasteiger partial charge in [-0.1, -0.05) is 43.3 Å². The molecule has 0 unspecified atom stereocenters. The average molecular weight is 445 g/mol. The van der Waals surface area contributed by atoms with Crippen LogP contribution in [0.25, 0.3) is 0 Å². The van der Waals surface area contributed by atoms with Crippen LogP contribution in [0.3, 0.4) is 0 Å². The Hall–Kier alpha value is -3.10. The number of rotatable bonds is 7. The third-order valence-corrected chi connectivity index (χ3v) is 6.73. The molecule has 0 saturated heterocycles. The molecule has 0 aliphatic rings. The molecule has 0 aromatic heterocycles. The average Bonchev–Trinajstić information content (AvgIpc) is 2.75. The molecule has 0 radical (unpaired) electrons. The molecule has 1 amide bonds. The standard InChI is InChI=1S/C23H22F2N2O3S/c1-3-27(15-17-7-5-4-6-8-17)31(29,30)22-13-18(10-12-20(22)24)23(28)26-19-11-9-16(2)21(25)14-19/h4-14H,3,15H2,1-2H3,(H,26,28). The number of hydrogen-bond acceptors (Lipinski definition) is 3. The highest BCUT2D eigenvalue weighted by molar-refractivity contribution is 7.89. The predicted molar refractivity (Wildman–Crippen MR) is 115 cm³/mol. The minimum absolute atomic E-state index is 0.0586. The van der Waals surface area contributed by atoms with Crippen LogP contribution >= 0.6 is 0 Å². The SMILES string of the molecule is CCN(Cc1ccccc1)S(=O)(=O)c1cc(C(=O)Nc2ccc(C)c(F)c2)ccc1F. The zero-order valence-corrected chi connectivity index (χ0v) is 17.9. The lowest BCUT2D eigenvalue weighted by Gasteiger charge is -2.21. The molecule has 5 nitrogen and oxygen atoms in total. The molecular formula is C23H22F2N2O3S. The fourth-order valence-electron chi connectivity index (χ4n) is 3.01. The van der Waals surface area contributed by atoms with Crippen molar-refractivity contribution in [1.82, 2.24) is 4.31 Å². The Morgan fingerprint density at radius 2 is 1.68 bits per heavy atom. The molecule has 0 aliphatic heterocycles. The molecule has 0 saturated carbocycles. The number of sulfonamides is 1. The third-order valence-electron chi connectivity index (χ3n) is 4.80. The first-order chi connectivity index (χ1) is 14.7. The van der Waals surface area contributed by atoms with Gasteiger partial charge in [-0.15, -0.1) is 0 Å². The maximum atomic E-state index is 14.5. The molecule has 162 valence electrons. The van der Waals surface area contributed by atoms with Crippen LogP contribution in [0.1, 0.15) is 28.4 Å². The number of halogens is 2. The van der Waals surface area contributed by atoms with Gasteiger partial charge in [0.15, 0.2) is 0 Å². The zero-order valence-electron chi connectivity index (χ0n) is 17.1. The Balaban J connectivity index is 1.89. The topological polar surface area (TPSA) is 66.5 Å². The quantitative estimate of drug-likeness (QED) is 0.573. The summed E-state index contributed by atoms with van der Waals surface area (Å²) in [6.07, 6.45) is 0. The van der Waals surface area contributed by atoms with E-state index in [4.69, 9.17) is 0 Å². The van der Waals surface area contributed by atoms with E-state index < -0.39 is 32.5 Å². The van der Waals surface area contributed by atoms with Crippen molar-refractivity contribution in [3.8, 4) is 0 Å². The molecule has 1 N–H and O–H groups in total. The van der Waals surface area contributed by atoms with E-state index in [2.05, 4.69) is 5.32 Å². The monoisotopic (exact) mass is 444 g/mol. The minimum atomic E-state index is -4.20. The summed E-state index contributed by atoms with van der Waals surface area (Å²) in [5.41, 5.74) is 1.33. The van der Waals surface area contributed by atoms with E-state index in [1.165, 1.54) is 18.2 Å². The second-order valence-corrected chi connectivity index (χ2v) is 8.89. The molecule has 3 aromatic rings. The van der Waals surface area contributed by atoms with Crippen LogP contribution in [0.4, 0.5) is 14.5 Å². The van der Waals surface area contributed by atoms with Crippen molar-refractivity contribution in [2.75, 3.05) is 11.9 Å². The maximum absolute atomic E-state index is 14.5. The third kappa shape index (κ3) is 5.15. The lowest BCUT2D eigenvalue weighted by Crippen LogP contribution is -2.31. The fourth-order valence-corrected chi connectivity index (χ4v) is 4.54. The largest absolute Gasteiger partial charge is 0.322 e. The fraction of sp³-hybridized carbons (Fsp3) is 0.174. The molecular weight excluding hydrogens is 422 g/mol. The Morgan fingerprint density at radius 3 is 2.32 bits per heavy atom. The van der Waals surface area contributed by atoms with E-state index in [0.717, 1.165) is 28.1 Å². The van der Waals surface area contributed by atoms with Crippen molar-refractivity contribution in [2.24, 2.45) is 0 Å². The van der Waals surface area contributed by atoms with E-state index >= 15 is 0 Å². The van der Waals surface area contributed by atoms with E-state index in [0.29, 0.717) is 5.56 Å². The van der Waals surface area contributed by atoms with Gasteiger partial charge in [0.05, 0.1) is 0 Å². The van der Waals surface area contributed by atoms with E-state index in [1.807, 2.05) is 6.07 Å². The van der Waals surface area contributed by atoms with Crippen LogP contribution in [-0.2, 0) is 16.6 Å². The van der Waals surface area contributed by atoms with Crippen LogP contribution in [0, 0.1) is 18.6 Å². The Kier molecular flexibility index (Phi) is 6.82. The summed E-state index contributed by atoms with van der Waals surface area (Å²) in [5, 5.41) is 2.50. The molecule has 31 heavy (non-hydrogen) atoms. The summed E-state index contributed by atoms with van der Waals surface area (Å²) in [4.78, 5) is 12.0. The summed E-state index contributed by atoms with van der Waals surface area (Å²) in [6, 6.07) is 16.3. The molecule has 0 bridgehead atoms. The lowest BCUT2D eigenvalue weighted by atomic mass is 10.2. The van der Waals surface area contributed by atoms with Crippen molar-refractivity contribution in [3.05, 3.63) is 95.1 Å². The first-order valence-corrected chi connectivity index (χ1v) is 11.1. The van der Waals surface area contributed by atoms with Gasteiger partial charge in [-0.05, 0) is 48.4 Å². The van der Waals surface area contributed by atoms with Gasteiger partial charge in [-0.25, -0.2) is 17.2 Å². The molecule has 3 rings (SSSR count). The van der Waals surface area contributed by atoms with Crippen molar-refractivity contribution in [2.45, 2.75) is 25.3 Å². The van der Waals surface area contributed by atoms with Crippen LogP contribution in [-0.4, -0.2) is 25.2 Å². The predicted octanol–water partition coefficient (Wildman–Crippen LogP) is 4.74. The van der Waals surface area contributed by atoms with Gasteiger partial charge >= 0.3 is 0 Å². The van der Waals surface area contributed by atoms with E-state index in [9.17, 15) is 22.0 Å². The molecule has 0 aliphatic carbocycles. The van der Waals surface area contributed by atoms with Crippen LogP contribution < -0.4 is 5.32 Å². The minimum Gasteiger partial charge on any atom is -0.322 e. The first kappa shape index (κ1) is 22.6. The van der Waals surface area contributed by atoms with Gasteiger partial charge < -0.3 is 5.32 Å². The van der Waals surface area contributed by atoms with E-state index in [1.54, 1.807) is 38.1 Å². The van der Waals surface area contributed by atoms with Crippen molar-refractivity contribution in [1.29, 1.82) is 0 Å². The number of nitrogens with one attached hydrogen (secondary N) is 1. The molecule has 0 heterocycles. The molecule has 0 fully saturated rings. The number of hydrogen-bond donors (Lipinski definition) is 1. The van der Waals surface area contributed by atoms with Gasteiger partial charge in [0.25, 0.3) is 5.91 Å². The lowest BCUT2D eigenvalue weighted by molar-refractivity contribution is 0.102. The summed E-state index contributed by atoms with van der Waals surface area (Å²) in [6.45, 7) is 3.43. The number of anilines is 1. The Morgan fingerprint density at radius 1 is 0.968 bits per heavy atom. The molecule has 0 atom stereocenters. The van der Waals surface area contributed by atoms with Gasteiger partial charge in [0.1, 0.15) is 16.5 Å². The maximum Gasteiger partial charge on any atom is 0.255 e. The number of carbonyl (C=O) groups is 1. The highest BCUT2D eigenvalue weighted by Gasteiger charge is 2.27. The molecule has 3 aromatic carbocycles. The smallest absolute Gasteiger partial charge is 0.255 e. The number of benzene rings is 3. The second kappa shape index (κ2) is 9.36. The summed E-state index contributed by atoms with van der Waals surface area (Å²) in [7, 11) is -4.20. The van der Waals surface area contributed by atoms with Gasteiger partial charge in [0, 0.05) is 24.3 Å². The normalized spacial score (nSPS) is 11.5. The van der Waals surface area contributed by atoms with E-state index in [-0.39, 0.29) is 24.3 Å². The van der Waals surface area contributed by atoms with Crippen LogP contribution in [0.5, 0.6) is 0 Å². The Bertz CT molecular complexity index is 1200. The molecule has 8 heteroatoms. The van der Waals surface area contributed by atoms with Crippen LogP contribution in [0.2, 0.25) is 0 Å². The van der Waals surface area contributed by atoms with Gasteiger partial charge in [-0.2, -0.15) is 4.31 Å². The summed E-state index contributed by atoms with van der Waals surface area (Å²) in [5.74, 6) is -2.12. The summed E-state index contributed by atoms with van der Waals surface area (Å²) < 4.78 is 55.6. The number of aryl methyl sites for hydroxylation is 1. The van der Waals surface area contributed by atoms with Gasteiger partial charge in [-0.3, -0.25) is 4.79 Å². The van der Waals surface area contributed by atoms with Gasteiger partial charge in [0.2, 0.25) is 10.0 Å². The first-order valence-electron chi connectivity index (χ1n) is 9.63. The second-order valence-electron chi connectivity index (χ2n) is 6.98. The van der Waals surface area contributed by atoms with Crippen molar-refractivity contribution < 1.29 is 22.0 Å². The number of carbonyl (C=O) groups excluding carboxylic acids is 1. The molecule has 0 spiro atoms. The van der Waals surface area contributed by atoms with Crippen LogP contribution in [0.15, 0.2) is 71.6 Å². The Labute approximate surface area is 180 Å². The number of amides is 1. The zero-order chi connectivity index (χ0) is 22.6.